The van der Waals surface area contributed by atoms with E-state index in [-0.39, 0.29) is 5.54 Å². The first-order chi connectivity index (χ1) is 12.9. The van der Waals surface area contributed by atoms with E-state index in [1.807, 2.05) is 23.3 Å². The van der Waals surface area contributed by atoms with E-state index in [1.165, 1.54) is 37.9 Å². The van der Waals surface area contributed by atoms with Gasteiger partial charge in [-0.2, -0.15) is 0 Å². The lowest BCUT2D eigenvalue weighted by molar-refractivity contribution is -0.0358. The molecular weight excluding hydrogens is 324 g/mol. The van der Waals surface area contributed by atoms with Crippen LogP contribution < -0.4 is 5.32 Å². The third-order valence-electron chi connectivity index (χ3n) is 5.97. The van der Waals surface area contributed by atoms with Crippen molar-refractivity contribution >= 4 is 0 Å². The zero-order chi connectivity index (χ0) is 17.7. The van der Waals surface area contributed by atoms with Gasteiger partial charge in [0.2, 0.25) is 0 Å². The van der Waals surface area contributed by atoms with Crippen LogP contribution in [0.5, 0.6) is 0 Å². The maximum Gasteiger partial charge on any atom is 0.0991 e. The van der Waals surface area contributed by atoms with Gasteiger partial charge >= 0.3 is 0 Å². The van der Waals surface area contributed by atoms with E-state index in [4.69, 9.17) is 4.74 Å². The van der Waals surface area contributed by atoms with Crippen molar-refractivity contribution < 1.29 is 4.74 Å². The molecule has 26 heavy (non-hydrogen) atoms. The van der Waals surface area contributed by atoms with Gasteiger partial charge in [0.25, 0.3) is 0 Å². The van der Waals surface area contributed by atoms with Crippen LogP contribution in [-0.4, -0.2) is 52.8 Å². The van der Waals surface area contributed by atoms with Gasteiger partial charge in [-0.05, 0) is 56.5 Å². The summed E-state index contributed by atoms with van der Waals surface area (Å²) in [4.78, 5) is 6.85. The first kappa shape index (κ1) is 17.7. The summed E-state index contributed by atoms with van der Waals surface area (Å²) in [5, 5.41) is 3.75. The van der Waals surface area contributed by atoms with Crippen LogP contribution in [0.2, 0.25) is 0 Å². The highest BCUT2D eigenvalue weighted by atomic mass is 16.5. The summed E-state index contributed by atoms with van der Waals surface area (Å²) in [6.07, 6.45) is 12.0. The fourth-order valence-electron chi connectivity index (χ4n) is 4.36. The molecule has 0 atom stereocenters. The summed E-state index contributed by atoms with van der Waals surface area (Å²) in [7, 11) is 0. The fraction of sp³-hybridized carbons (Fsp3) is 0.571. The van der Waals surface area contributed by atoms with Crippen LogP contribution in [0, 0.1) is 0 Å². The van der Waals surface area contributed by atoms with Crippen LogP contribution in [0.3, 0.4) is 0 Å². The van der Waals surface area contributed by atoms with E-state index in [9.17, 15) is 0 Å². The monoisotopic (exact) mass is 354 g/mol. The molecular formula is C21H30N4O. The Morgan fingerprint density at radius 1 is 1.04 bits per heavy atom. The maximum atomic E-state index is 5.67. The predicted molar refractivity (Wildman–Crippen MR) is 103 cm³/mol. The highest BCUT2D eigenvalue weighted by Crippen LogP contribution is 2.30. The molecule has 0 bridgehead atoms. The zero-order valence-corrected chi connectivity index (χ0v) is 15.6. The van der Waals surface area contributed by atoms with E-state index in [1.54, 1.807) is 0 Å². The molecule has 0 spiro atoms. The Labute approximate surface area is 156 Å². The highest BCUT2D eigenvalue weighted by Gasteiger charge is 2.38. The van der Waals surface area contributed by atoms with Crippen molar-refractivity contribution in [2.45, 2.75) is 44.2 Å². The molecule has 2 fully saturated rings. The lowest BCUT2D eigenvalue weighted by Crippen LogP contribution is -2.59. The molecule has 0 unspecified atom stereocenters. The molecule has 0 saturated carbocycles. The zero-order valence-electron chi connectivity index (χ0n) is 15.6. The van der Waals surface area contributed by atoms with Crippen molar-refractivity contribution in [2.75, 3.05) is 32.8 Å². The second-order valence-electron chi connectivity index (χ2n) is 7.62. The SMILES string of the molecule is c1cn(-c2ccc(CNCC3(N4CCCCC4)CCOCC3)cc2)cn1. The Morgan fingerprint density at radius 3 is 2.50 bits per heavy atom. The number of aromatic nitrogens is 2. The molecule has 5 nitrogen and oxygen atoms in total. The van der Waals surface area contributed by atoms with Crippen molar-refractivity contribution in [1.29, 1.82) is 0 Å². The molecule has 2 saturated heterocycles. The number of piperidine rings is 1. The maximum absolute atomic E-state index is 5.67. The van der Waals surface area contributed by atoms with Crippen LogP contribution >= 0.6 is 0 Å². The van der Waals surface area contributed by atoms with E-state index in [2.05, 4.69) is 39.5 Å². The lowest BCUT2D eigenvalue weighted by atomic mass is 9.86. The minimum absolute atomic E-state index is 0.287. The molecule has 2 aliphatic heterocycles. The van der Waals surface area contributed by atoms with Gasteiger partial charge in [0, 0.05) is 49.9 Å². The number of likely N-dealkylation sites (tertiary alicyclic amines) is 1. The molecule has 1 N–H and O–H groups in total. The second kappa shape index (κ2) is 8.33. The van der Waals surface area contributed by atoms with E-state index in [0.29, 0.717) is 0 Å². The normalized spacial score (nSPS) is 20.9. The summed E-state index contributed by atoms with van der Waals surface area (Å²) < 4.78 is 7.70. The second-order valence-corrected chi connectivity index (χ2v) is 7.62. The molecule has 1 aromatic heterocycles. The third kappa shape index (κ3) is 4.00. The van der Waals surface area contributed by atoms with Crippen molar-refractivity contribution in [3.05, 3.63) is 48.5 Å². The summed E-state index contributed by atoms with van der Waals surface area (Å²) in [6, 6.07) is 8.74. The standard InChI is InChI=1S/C21H30N4O/c1-2-11-25(12-3-1)21(8-14-26-15-9-21)17-23-16-19-4-6-20(7-5-19)24-13-10-22-18-24/h4-7,10,13,18,23H,1-3,8-9,11-12,14-17H2. The van der Waals surface area contributed by atoms with Crippen LogP contribution in [0.4, 0.5) is 0 Å². The molecule has 5 heteroatoms. The Balaban J connectivity index is 1.35. The number of nitrogens with zero attached hydrogens (tertiary/aromatic N) is 3. The Bertz CT molecular complexity index is 656. The average Bonchev–Trinajstić information content (AvgIpc) is 3.25. The van der Waals surface area contributed by atoms with Crippen molar-refractivity contribution in [2.24, 2.45) is 0 Å². The lowest BCUT2D eigenvalue weighted by Gasteiger charge is -2.48. The summed E-state index contributed by atoms with van der Waals surface area (Å²) in [5.41, 5.74) is 2.77. The van der Waals surface area contributed by atoms with Crippen molar-refractivity contribution in [1.82, 2.24) is 19.8 Å². The molecule has 1 aromatic carbocycles. The molecule has 0 aliphatic carbocycles. The van der Waals surface area contributed by atoms with Gasteiger partial charge in [0.05, 0.1) is 6.33 Å². The van der Waals surface area contributed by atoms with Crippen molar-refractivity contribution in [3.8, 4) is 5.69 Å². The number of benzene rings is 1. The van der Waals surface area contributed by atoms with E-state index in [0.717, 1.165) is 44.8 Å². The van der Waals surface area contributed by atoms with Gasteiger partial charge in [0.15, 0.2) is 0 Å². The van der Waals surface area contributed by atoms with E-state index >= 15 is 0 Å². The largest absolute Gasteiger partial charge is 0.381 e. The Kier molecular flexibility index (Phi) is 5.68. The first-order valence-corrected chi connectivity index (χ1v) is 9.97. The van der Waals surface area contributed by atoms with Crippen LogP contribution in [-0.2, 0) is 11.3 Å². The molecule has 3 heterocycles. The number of imidazole rings is 1. The Morgan fingerprint density at radius 2 is 1.81 bits per heavy atom. The van der Waals surface area contributed by atoms with Gasteiger partial charge in [-0.15, -0.1) is 0 Å². The minimum Gasteiger partial charge on any atom is -0.381 e. The van der Waals surface area contributed by atoms with Gasteiger partial charge in [-0.25, -0.2) is 4.98 Å². The first-order valence-electron chi connectivity index (χ1n) is 9.97. The number of hydrogen-bond acceptors (Lipinski definition) is 4. The van der Waals surface area contributed by atoms with Crippen LogP contribution in [0.25, 0.3) is 5.69 Å². The number of rotatable bonds is 6. The summed E-state index contributed by atoms with van der Waals surface area (Å²) in [5.74, 6) is 0. The highest BCUT2D eigenvalue weighted by molar-refractivity contribution is 5.34. The minimum atomic E-state index is 0.287. The van der Waals surface area contributed by atoms with Gasteiger partial charge in [0.1, 0.15) is 0 Å². The van der Waals surface area contributed by atoms with Crippen LogP contribution in [0.15, 0.2) is 43.0 Å². The smallest absolute Gasteiger partial charge is 0.0991 e. The third-order valence-corrected chi connectivity index (χ3v) is 5.97. The molecule has 2 aliphatic rings. The van der Waals surface area contributed by atoms with Crippen molar-refractivity contribution in [3.63, 3.8) is 0 Å². The molecule has 140 valence electrons. The summed E-state index contributed by atoms with van der Waals surface area (Å²) >= 11 is 0. The topological polar surface area (TPSA) is 42.3 Å². The van der Waals surface area contributed by atoms with E-state index < -0.39 is 0 Å². The number of nitrogens with one attached hydrogen (secondary N) is 1. The molecule has 0 amide bonds. The van der Waals surface area contributed by atoms with Gasteiger partial charge < -0.3 is 14.6 Å². The molecule has 0 radical (unpaired) electrons. The average molecular weight is 354 g/mol. The quantitative estimate of drug-likeness (QED) is 0.866. The summed E-state index contributed by atoms with van der Waals surface area (Å²) in [6.45, 7) is 6.28. The van der Waals surface area contributed by atoms with Crippen LogP contribution in [0.1, 0.15) is 37.7 Å². The molecule has 2 aromatic rings. The number of ether oxygens (including phenoxy) is 1. The Hall–Kier alpha value is -1.69. The number of hydrogen-bond donors (Lipinski definition) is 1. The van der Waals surface area contributed by atoms with Gasteiger partial charge in [-0.1, -0.05) is 18.6 Å². The molecule has 4 rings (SSSR count). The van der Waals surface area contributed by atoms with Gasteiger partial charge in [-0.3, -0.25) is 4.90 Å². The predicted octanol–water partition coefficient (Wildman–Crippen LogP) is 3.00. The fourth-order valence-corrected chi connectivity index (χ4v) is 4.36.